The zero-order valence-corrected chi connectivity index (χ0v) is 18.3. The summed E-state index contributed by atoms with van der Waals surface area (Å²) in [5, 5.41) is 4.71. The maximum Gasteiger partial charge on any atom is 0.416 e. The highest BCUT2D eigenvalue weighted by molar-refractivity contribution is 6.39. The van der Waals surface area contributed by atoms with E-state index in [-0.39, 0.29) is 5.69 Å². The predicted octanol–water partition coefficient (Wildman–Crippen LogP) is 2.98. The summed E-state index contributed by atoms with van der Waals surface area (Å²) in [5.41, 5.74) is 0.169. The Hall–Kier alpha value is -3.27. The van der Waals surface area contributed by atoms with Gasteiger partial charge in [-0.3, -0.25) is 14.5 Å². The number of carbonyl (C=O) groups is 2. The fraction of sp³-hybridized carbons (Fsp3) is 0.391. The Morgan fingerprint density at radius 3 is 2.33 bits per heavy atom. The number of rotatable bonds is 7. The zero-order chi connectivity index (χ0) is 23.8. The topological polar surface area (TPSA) is 73.9 Å². The van der Waals surface area contributed by atoms with Gasteiger partial charge in [0, 0.05) is 44.1 Å². The maximum absolute atomic E-state index is 12.8. The van der Waals surface area contributed by atoms with Gasteiger partial charge in [0.15, 0.2) is 0 Å². The number of halogens is 3. The van der Waals surface area contributed by atoms with Crippen LogP contribution in [0.5, 0.6) is 5.75 Å². The molecule has 3 rings (SSSR count). The van der Waals surface area contributed by atoms with E-state index in [0.29, 0.717) is 13.0 Å². The molecule has 0 saturated carbocycles. The third-order valence-electron chi connectivity index (χ3n) is 5.40. The SMILES string of the molecule is COc1ccc(N2CCN(CCCNC(=O)C(=O)Nc3cccc(C(F)(F)F)c3)CC2)cc1. The van der Waals surface area contributed by atoms with Gasteiger partial charge in [-0.05, 0) is 55.4 Å². The number of carbonyl (C=O) groups excluding carboxylic acids is 2. The molecule has 0 atom stereocenters. The molecule has 2 N–H and O–H groups in total. The Bertz CT molecular complexity index is 943. The monoisotopic (exact) mass is 464 g/mol. The van der Waals surface area contributed by atoms with Crippen LogP contribution in [-0.4, -0.2) is 63.1 Å². The molecule has 0 unspecified atom stereocenters. The number of hydrogen-bond donors (Lipinski definition) is 2. The first-order valence-electron chi connectivity index (χ1n) is 10.6. The fourth-order valence-electron chi connectivity index (χ4n) is 3.57. The van der Waals surface area contributed by atoms with Gasteiger partial charge in [0.2, 0.25) is 0 Å². The average molecular weight is 464 g/mol. The van der Waals surface area contributed by atoms with Crippen LogP contribution < -0.4 is 20.3 Å². The Kier molecular flexibility index (Phi) is 8.16. The van der Waals surface area contributed by atoms with E-state index < -0.39 is 23.6 Å². The molecule has 1 heterocycles. The number of amides is 2. The fourth-order valence-corrected chi connectivity index (χ4v) is 3.57. The van der Waals surface area contributed by atoms with Gasteiger partial charge in [-0.15, -0.1) is 0 Å². The van der Waals surface area contributed by atoms with Gasteiger partial charge < -0.3 is 20.3 Å². The smallest absolute Gasteiger partial charge is 0.416 e. The van der Waals surface area contributed by atoms with Crippen molar-refractivity contribution in [2.24, 2.45) is 0 Å². The molecule has 7 nitrogen and oxygen atoms in total. The van der Waals surface area contributed by atoms with Crippen LogP contribution in [0.4, 0.5) is 24.5 Å². The molecule has 0 aromatic heterocycles. The molecule has 1 fully saturated rings. The third kappa shape index (κ3) is 7.11. The molecule has 1 aliphatic heterocycles. The van der Waals surface area contributed by atoms with Crippen LogP contribution in [-0.2, 0) is 15.8 Å². The van der Waals surface area contributed by atoms with Gasteiger partial charge in [-0.2, -0.15) is 13.2 Å². The minimum atomic E-state index is -4.52. The highest BCUT2D eigenvalue weighted by Crippen LogP contribution is 2.30. The Labute approximate surface area is 190 Å². The molecule has 2 aromatic rings. The number of anilines is 2. The molecule has 1 aliphatic rings. The van der Waals surface area contributed by atoms with E-state index in [1.54, 1.807) is 7.11 Å². The summed E-state index contributed by atoms with van der Waals surface area (Å²) in [6, 6.07) is 12.1. The van der Waals surface area contributed by atoms with Crippen LogP contribution in [0.1, 0.15) is 12.0 Å². The highest BCUT2D eigenvalue weighted by Gasteiger charge is 2.30. The number of nitrogens with one attached hydrogen (secondary N) is 2. The van der Waals surface area contributed by atoms with Crippen molar-refractivity contribution in [2.75, 3.05) is 56.6 Å². The van der Waals surface area contributed by atoms with E-state index in [1.807, 2.05) is 24.3 Å². The lowest BCUT2D eigenvalue weighted by Gasteiger charge is -2.36. The van der Waals surface area contributed by atoms with E-state index in [0.717, 1.165) is 56.3 Å². The molecular formula is C23H27F3N4O3. The van der Waals surface area contributed by atoms with Crippen LogP contribution in [0.3, 0.4) is 0 Å². The number of hydrogen-bond acceptors (Lipinski definition) is 5. The minimum Gasteiger partial charge on any atom is -0.497 e. The minimum absolute atomic E-state index is 0.0836. The first-order valence-corrected chi connectivity index (χ1v) is 10.6. The second-order valence-electron chi connectivity index (χ2n) is 7.67. The molecule has 0 aliphatic carbocycles. The molecule has 178 valence electrons. The van der Waals surface area contributed by atoms with Gasteiger partial charge in [-0.1, -0.05) is 6.07 Å². The molecule has 0 spiro atoms. The Morgan fingerprint density at radius 2 is 1.70 bits per heavy atom. The number of ether oxygens (including phenoxy) is 1. The van der Waals surface area contributed by atoms with Crippen molar-refractivity contribution in [3.05, 3.63) is 54.1 Å². The summed E-state index contributed by atoms with van der Waals surface area (Å²) in [6.07, 6.45) is -3.87. The summed E-state index contributed by atoms with van der Waals surface area (Å²) < 4.78 is 43.5. The third-order valence-corrected chi connectivity index (χ3v) is 5.40. The molecule has 0 radical (unpaired) electrons. The quantitative estimate of drug-likeness (QED) is 0.487. The average Bonchev–Trinajstić information content (AvgIpc) is 2.82. The lowest BCUT2D eigenvalue weighted by atomic mass is 10.2. The summed E-state index contributed by atoms with van der Waals surface area (Å²) in [4.78, 5) is 28.5. The molecule has 0 bridgehead atoms. The molecule has 2 aromatic carbocycles. The van der Waals surface area contributed by atoms with Crippen molar-refractivity contribution in [3.8, 4) is 5.75 Å². The van der Waals surface area contributed by atoms with Crippen molar-refractivity contribution in [1.29, 1.82) is 0 Å². The predicted molar refractivity (Wildman–Crippen MR) is 119 cm³/mol. The van der Waals surface area contributed by atoms with E-state index in [4.69, 9.17) is 4.74 Å². The maximum atomic E-state index is 12.8. The lowest BCUT2D eigenvalue weighted by Crippen LogP contribution is -2.47. The normalized spacial score (nSPS) is 14.6. The summed E-state index contributed by atoms with van der Waals surface area (Å²) in [7, 11) is 1.64. The van der Waals surface area contributed by atoms with E-state index in [2.05, 4.69) is 20.4 Å². The van der Waals surface area contributed by atoms with Crippen LogP contribution in [0, 0.1) is 0 Å². The van der Waals surface area contributed by atoms with E-state index in [1.165, 1.54) is 12.1 Å². The van der Waals surface area contributed by atoms with Crippen LogP contribution in [0.2, 0.25) is 0 Å². The van der Waals surface area contributed by atoms with Crippen LogP contribution >= 0.6 is 0 Å². The number of methoxy groups -OCH3 is 1. The van der Waals surface area contributed by atoms with Gasteiger partial charge in [0.05, 0.1) is 12.7 Å². The Morgan fingerprint density at radius 1 is 1.00 bits per heavy atom. The molecule has 33 heavy (non-hydrogen) atoms. The summed E-state index contributed by atoms with van der Waals surface area (Å²) in [5.74, 6) is -1.05. The van der Waals surface area contributed by atoms with Crippen LogP contribution in [0.15, 0.2) is 48.5 Å². The van der Waals surface area contributed by atoms with Crippen molar-refractivity contribution < 1.29 is 27.5 Å². The van der Waals surface area contributed by atoms with Gasteiger partial charge in [0.25, 0.3) is 0 Å². The number of alkyl halides is 3. The second kappa shape index (κ2) is 11.0. The second-order valence-corrected chi connectivity index (χ2v) is 7.67. The van der Waals surface area contributed by atoms with Crippen molar-refractivity contribution in [1.82, 2.24) is 10.2 Å². The van der Waals surface area contributed by atoms with E-state index in [9.17, 15) is 22.8 Å². The lowest BCUT2D eigenvalue weighted by molar-refractivity contribution is -0.137. The first kappa shape index (κ1) is 24.4. The molecule has 2 amide bonds. The van der Waals surface area contributed by atoms with Gasteiger partial charge in [-0.25, -0.2) is 0 Å². The van der Waals surface area contributed by atoms with Gasteiger partial charge >= 0.3 is 18.0 Å². The number of piperazine rings is 1. The van der Waals surface area contributed by atoms with Crippen molar-refractivity contribution in [3.63, 3.8) is 0 Å². The largest absolute Gasteiger partial charge is 0.497 e. The van der Waals surface area contributed by atoms with Crippen molar-refractivity contribution in [2.45, 2.75) is 12.6 Å². The zero-order valence-electron chi connectivity index (χ0n) is 18.3. The first-order chi connectivity index (χ1) is 15.8. The van der Waals surface area contributed by atoms with E-state index >= 15 is 0 Å². The molecule has 10 heteroatoms. The highest BCUT2D eigenvalue weighted by atomic mass is 19.4. The molecule has 1 saturated heterocycles. The van der Waals surface area contributed by atoms with Crippen LogP contribution in [0.25, 0.3) is 0 Å². The number of nitrogens with zero attached hydrogens (tertiary/aromatic N) is 2. The standard InChI is InChI=1S/C23H27F3N4O3/c1-33-20-8-6-19(7-9-20)30-14-12-29(13-15-30)11-3-10-27-21(31)22(32)28-18-5-2-4-17(16-18)23(24,25)26/h2,4-9,16H,3,10-15H2,1H3,(H,27,31)(H,28,32). The van der Waals surface area contributed by atoms with Crippen molar-refractivity contribution >= 4 is 23.2 Å². The Balaban J connectivity index is 1.34. The summed E-state index contributed by atoms with van der Waals surface area (Å²) >= 11 is 0. The van der Waals surface area contributed by atoms with Gasteiger partial charge in [0.1, 0.15) is 5.75 Å². The number of benzene rings is 2. The molecular weight excluding hydrogens is 437 g/mol. The summed E-state index contributed by atoms with van der Waals surface area (Å²) in [6.45, 7) is 4.61.